The Hall–Kier alpha value is 0.530. The van der Waals surface area contributed by atoms with Gasteiger partial charge in [-0.15, -0.1) is 0 Å². The molecule has 6 heteroatoms. The summed E-state index contributed by atoms with van der Waals surface area (Å²) in [6.45, 7) is 0. The quantitative estimate of drug-likeness (QED) is 0.518. The largest absolute Gasteiger partial charge is 0.298 e. The van der Waals surface area contributed by atoms with Gasteiger partial charge in [-0.2, -0.15) is 3.17 Å². The van der Waals surface area contributed by atoms with Gasteiger partial charge < -0.3 is 0 Å². The van der Waals surface area contributed by atoms with Gasteiger partial charge in [-0.25, -0.2) is 0 Å². The predicted molar refractivity (Wildman–Crippen MR) is 28.9 cm³/mol. The molecule has 2 N–H and O–H groups in total. The minimum Gasteiger partial charge on any atom is -0.298 e. The Morgan fingerprint density at radius 3 is 2.43 bits per heavy atom. The summed E-state index contributed by atoms with van der Waals surface area (Å²) >= 11 is 1.53. The van der Waals surface area contributed by atoms with Crippen LogP contribution in [-0.4, -0.2) is 17.7 Å². The molecule has 0 amide bonds. The Morgan fingerprint density at radius 2 is 2.43 bits per heavy atom. The van der Waals surface area contributed by atoms with Crippen molar-refractivity contribution < 1.29 is 13.2 Å². The van der Waals surface area contributed by atoms with E-state index < -0.39 is 0 Å². The highest BCUT2D eigenvalue weighted by Crippen LogP contribution is 1.89. The monoisotopic (exact) mass is 220 g/mol. The molecule has 0 heterocycles. The lowest BCUT2D eigenvalue weighted by molar-refractivity contribution is -0.363. The average Bonchev–Trinajstić information content (AvgIpc) is 1.72. The Bertz CT molecular complexity index is 34.4. The summed E-state index contributed by atoms with van der Waals surface area (Å²) in [4.78, 5) is 4.29. The minimum atomic E-state index is 0.667. The zero-order valence-corrected chi connectivity index (χ0v) is 5.75. The normalized spacial score (nSPS) is 10.3. The van der Waals surface area contributed by atoms with Crippen LogP contribution >= 0.6 is 23.0 Å². The molecule has 0 aromatic carbocycles. The summed E-state index contributed by atoms with van der Waals surface area (Å²) in [7, 11) is 1.34. The van der Waals surface area contributed by atoms with Gasteiger partial charge >= 0.3 is 0 Å². The van der Waals surface area contributed by atoms with Gasteiger partial charge in [0.15, 0.2) is 0 Å². The maximum Gasteiger partial charge on any atom is 0.142 e. The maximum atomic E-state index is 7.95. The molecule has 0 aromatic rings. The minimum absolute atomic E-state index is 0.667. The van der Waals surface area contributed by atoms with Crippen LogP contribution in [0.4, 0.5) is 0 Å². The lowest BCUT2D eigenvalue weighted by Gasteiger charge is -2.08. The van der Waals surface area contributed by atoms with E-state index in [1.54, 1.807) is 5.59 Å². The number of nitrogens with zero attached hydrogens (tertiary/aromatic N) is 1. The van der Waals surface area contributed by atoms with E-state index in [1.165, 1.54) is 30.1 Å². The van der Waals surface area contributed by atoms with E-state index in [-0.39, 0.29) is 0 Å². The molecule has 0 unspecified atom stereocenters. The second kappa shape index (κ2) is 4.68. The third-order valence-corrected chi connectivity index (χ3v) is 0.668. The van der Waals surface area contributed by atoms with Crippen LogP contribution in [0.5, 0.6) is 0 Å². The summed E-state index contributed by atoms with van der Waals surface area (Å²) < 4.78 is 4.27. The fraction of sp³-hybridized carbons (Fsp3) is 1.00. The van der Waals surface area contributed by atoms with Crippen molar-refractivity contribution in [3.05, 3.63) is 0 Å². The highest BCUT2D eigenvalue weighted by atomic mass is 127. The number of hydrazine groups is 1. The van der Waals surface area contributed by atoms with Crippen LogP contribution in [0.2, 0.25) is 0 Å². The zero-order valence-electron chi connectivity index (χ0n) is 3.59. The smallest absolute Gasteiger partial charge is 0.142 e. The topological polar surface area (TPSA) is 54.0 Å². The Kier molecular flexibility index (Phi) is 5.04. The first-order valence-electron chi connectivity index (χ1n) is 1.37. The van der Waals surface area contributed by atoms with Crippen LogP contribution < -0.4 is 5.59 Å². The maximum absolute atomic E-state index is 7.95. The fourth-order valence-electron chi connectivity index (χ4n) is 0.0844. The molecule has 0 aliphatic heterocycles. The van der Waals surface area contributed by atoms with Crippen molar-refractivity contribution in [1.29, 1.82) is 0 Å². The van der Waals surface area contributed by atoms with E-state index in [1.807, 2.05) is 0 Å². The molecule has 0 aliphatic rings. The first kappa shape index (κ1) is 7.53. The van der Waals surface area contributed by atoms with Crippen LogP contribution in [0.3, 0.4) is 0 Å². The second-order valence-corrected chi connectivity index (χ2v) is 1.00. The number of rotatable bonds is 3. The molecular formula is CH5IN2O3. The van der Waals surface area contributed by atoms with E-state index in [4.69, 9.17) is 5.21 Å². The summed E-state index contributed by atoms with van der Waals surface area (Å²) in [6.07, 6.45) is 0. The molecular weight excluding hydrogens is 215 g/mol. The highest BCUT2D eigenvalue weighted by Gasteiger charge is 1.93. The first-order valence-corrected chi connectivity index (χ1v) is 2.26. The van der Waals surface area contributed by atoms with Crippen LogP contribution in [0.25, 0.3) is 0 Å². The molecule has 0 aliphatic carbocycles. The van der Waals surface area contributed by atoms with Crippen LogP contribution in [0.1, 0.15) is 0 Å². The first-order chi connectivity index (χ1) is 3.35. The van der Waals surface area contributed by atoms with Crippen molar-refractivity contribution in [1.82, 2.24) is 10.9 Å². The van der Waals surface area contributed by atoms with Crippen LogP contribution in [0.15, 0.2) is 0 Å². The van der Waals surface area contributed by atoms with Crippen molar-refractivity contribution in [2.45, 2.75) is 0 Å². The van der Waals surface area contributed by atoms with E-state index in [9.17, 15) is 0 Å². The Labute approximate surface area is 54.7 Å². The third-order valence-electron chi connectivity index (χ3n) is 0.310. The molecule has 0 aromatic heterocycles. The van der Waals surface area contributed by atoms with Gasteiger partial charge in [0.05, 0.1) is 7.11 Å². The van der Waals surface area contributed by atoms with Crippen LogP contribution in [0, 0.1) is 0 Å². The summed E-state index contributed by atoms with van der Waals surface area (Å²) in [5, 5.41) is 8.61. The van der Waals surface area contributed by atoms with Crippen molar-refractivity contribution in [2.75, 3.05) is 7.11 Å². The van der Waals surface area contributed by atoms with Crippen molar-refractivity contribution >= 4 is 23.0 Å². The Balaban J connectivity index is 2.99. The molecule has 0 bridgehead atoms. The standard InChI is InChI=1S/CH5IN2O3/c1-6-4(3-5)7-2/h3,5H,1H3. The fourth-order valence-corrected chi connectivity index (χ4v) is 0.333. The molecule has 44 valence electrons. The van der Waals surface area contributed by atoms with Gasteiger partial charge in [-0.1, -0.05) is 5.59 Å². The molecule has 5 nitrogen and oxygen atoms in total. The van der Waals surface area contributed by atoms with E-state index >= 15 is 0 Å². The highest BCUT2D eigenvalue weighted by molar-refractivity contribution is 14.1. The molecule has 0 saturated heterocycles. The number of nitrogens with one attached hydrogen (secondary N) is 1. The summed E-state index contributed by atoms with van der Waals surface area (Å²) in [5.41, 5.74) is 1.58. The van der Waals surface area contributed by atoms with Gasteiger partial charge in [-0.3, -0.25) is 10.0 Å². The lowest BCUT2D eigenvalue weighted by Crippen LogP contribution is -2.31. The number of halogens is 1. The predicted octanol–water partition coefficient (Wildman–Crippen LogP) is 0.0252. The zero-order chi connectivity index (χ0) is 5.70. The molecule has 0 radical (unpaired) electrons. The van der Waals surface area contributed by atoms with E-state index in [0.29, 0.717) is 5.34 Å². The van der Waals surface area contributed by atoms with Crippen molar-refractivity contribution in [3.8, 4) is 0 Å². The second-order valence-electron chi connectivity index (χ2n) is 0.609. The van der Waals surface area contributed by atoms with Crippen molar-refractivity contribution in [2.24, 2.45) is 0 Å². The Morgan fingerprint density at radius 1 is 1.86 bits per heavy atom. The molecule has 0 rings (SSSR count). The van der Waals surface area contributed by atoms with Gasteiger partial charge in [-0.05, 0) is 0 Å². The summed E-state index contributed by atoms with van der Waals surface area (Å²) in [6, 6.07) is 0. The molecule has 0 spiro atoms. The SMILES string of the molecule is CON(NO)OI. The molecule has 7 heavy (non-hydrogen) atoms. The van der Waals surface area contributed by atoms with Gasteiger partial charge in [0.25, 0.3) is 0 Å². The van der Waals surface area contributed by atoms with Gasteiger partial charge in [0, 0.05) is 5.34 Å². The van der Waals surface area contributed by atoms with E-state index in [0.717, 1.165) is 0 Å². The molecule has 0 saturated carbocycles. The molecule has 0 atom stereocenters. The number of hydrogen-bond donors (Lipinski definition) is 2. The lowest BCUT2D eigenvalue weighted by atomic mass is 11.7. The molecule has 0 fully saturated rings. The van der Waals surface area contributed by atoms with E-state index in [2.05, 4.69) is 8.00 Å². The van der Waals surface area contributed by atoms with Crippen molar-refractivity contribution in [3.63, 3.8) is 0 Å². The summed E-state index contributed by atoms with van der Waals surface area (Å²) in [5.74, 6) is 0. The van der Waals surface area contributed by atoms with Gasteiger partial charge in [0.2, 0.25) is 0 Å². The van der Waals surface area contributed by atoms with Gasteiger partial charge in [0.1, 0.15) is 23.0 Å². The van der Waals surface area contributed by atoms with Crippen LogP contribution in [-0.2, 0) is 8.00 Å². The average molecular weight is 220 g/mol. The third kappa shape index (κ3) is 3.14. The number of hydrogen-bond acceptors (Lipinski definition) is 5.